The number of carbonyl (C=O) groups excluding carboxylic acids is 3. The SMILES string of the molecule is CCCOC(=O)CC1C(=O)NCCN1C(=O)CN(CC)CC. The lowest BCUT2D eigenvalue weighted by Gasteiger charge is -2.35. The van der Waals surface area contributed by atoms with Crippen LogP contribution in [-0.2, 0) is 19.1 Å². The Balaban J connectivity index is 2.69. The van der Waals surface area contributed by atoms with Crippen LogP contribution >= 0.6 is 0 Å². The molecule has 0 aliphatic carbocycles. The molecule has 1 aliphatic heterocycles. The standard InChI is InChI=1S/C15H27N3O4/c1-4-9-22-14(20)10-12-15(21)16-7-8-18(12)13(19)11-17(5-2)6-3/h12H,4-11H2,1-3H3,(H,16,21). The van der Waals surface area contributed by atoms with Gasteiger partial charge >= 0.3 is 5.97 Å². The maximum atomic E-state index is 12.4. The van der Waals surface area contributed by atoms with Gasteiger partial charge in [0.2, 0.25) is 11.8 Å². The molecule has 22 heavy (non-hydrogen) atoms. The van der Waals surface area contributed by atoms with Gasteiger partial charge in [-0.1, -0.05) is 20.8 Å². The Kier molecular flexibility index (Phi) is 7.87. The first-order valence-electron chi connectivity index (χ1n) is 7.98. The third-order valence-corrected chi connectivity index (χ3v) is 3.73. The highest BCUT2D eigenvalue weighted by Crippen LogP contribution is 2.11. The van der Waals surface area contributed by atoms with Gasteiger partial charge < -0.3 is 15.0 Å². The fourth-order valence-electron chi connectivity index (χ4n) is 2.38. The molecule has 0 radical (unpaired) electrons. The Morgan fingerprint density at radius 3 is 2.59 bits per heavy atom. The monoisotopic (exact) mass is 313 g/mol. The van der Waals surface area contributed by atoms with E-state index in [1.807, 2.05) is 25.7 Å². The van der Waals surface area contributed by atoms with Crippen LogP contribution < -0.4 is 5.32 Å². The first kappa shape index (κ1) is 18.4. The number of ether oxygens (including phenoxy) is 1. The molecule has 1 aliphatic rings. The molecule has 1 rings (SSSR count). The summed E-state index contributed by atoms with van der Waals surface area (Å²) < 4.78 is 5.03. The number of hydrogen-bond donors (Lipinski definition) is 1. The van der Waals surface area contributed by atoms with Gasteiger partial charge in [0, 0.05) is 13.1 Å². The van der Waals surface area contributed by atoms with Crippen molar-refractivity contribution >= 4 is 17.8 Å². The van der Waals surface area contributed by atoms with Gasteiger partial charge in [-0.3, -0.25) is 19.3 Å². The van der Waals surface area contributed by atoms with Crippen molar-refractivity contribution in [2.75, 3.05) is 39.3 Å². The second-order valence-electron chi connectivity index (χ2n) is 5.28. The third-order valence-electron chi connectivity index (χ3n) is 3.73. The molecule has 0 aromatic rings. The quantitative estimate of drug-likeness (QED) is 0.638. The van der Waals surface area contributed by atoms with Crippen LogP contribution in [0.1, 0.15) is 33.6 Å². The average molecular weight is 313 g/mol. The van der Waals surface area contributed by atoms with Crippen molar-refractivity contribution in [1.82, 2.24) is 15.1 Å². The topological polar surface area (TPSA) is 79.0 Å². The van der Waals surface area contributed by atoms with E-state index in [0.717, 1.165) is 19.5 Å². The summed E-state index contributed by atoms with van der Waals surface area (Å²) in [5.74, 6) is -0.844. The van der Waals surface area contributed by atoms with Gasteiger partial charge in [0.15, 0.2) is 0 Å². The molecule has 1 N–H and O–H groups in total. The fraction of sp³-hybridized carbons (Fsp3) is 0.800. The van der Waals surface area contributed by atoms with Crippen LogP contribution in [0.25, 0.3) is 0 Å². The molecule has 126 valence electrons. The molecule has 0 bridgehead atoms. The van der Waals surface area contributed by atoms with Gasteiger partial charge in [-0.25, -0.2) is 0 Å². The number of carbonyl (C=O) groups is 3. The van der Waals surface area contributed by atoms with Crippen molar-refractivity contribution in [3.05, 3.63) is 0 Å². The van der Waals surface area contributed by atoms with E-state index in [-0.39, 0.29) is 24.8 Å². The minimum atomic E-state index is -0.763. The summed E-state index contributed by atoms with van der Waals surface area (Å²) in [6.07, 6.45) is 0.642. The zero-order chi connectivity index (χ0) is 16.5. The van der Waals surface area contributed by atoms with Gasteiger partial charge in [-0.15, -0.1) is 0 Å². The minimum Gasteiger partial charge on any atom is -0.466 e. The molecule has 0 aromatic carbocycles. The molecule has 7 nitrogen and oxygen atoms in total. The Morgan fingerprint density at radius 2 is 2.00 bits per heavy atom. The van der Waals surface area contributed by atoms with E-state index in [1.165, 1.54) is 4.90 Å². The van der Waals surface area contributed by atoms with E-state index in [0.29, 0.717) is 19.7 Å². The van der Waals surface area contributed by atoms with E-state index in [2.05, 4.69) is 5.32 Å². The lowest BCUT2D eigenvalue weighted by Crippen LogP contribution is -2.59. The van der Waals surface area contributed by atoms with Crippen LogP contribution in [0.2, 0.25) is 0 Å². The van der Waals surface area contributed by atoms with Crippen molar-refractivity contribution in [3.8, 4) is 0 Å². The number of esters is 1. The van der Waals surface area contributed by atoms with Gasteiger partial charge in [0.25, 0.3) is 0 Å². The summed E-state index contributed by atoms with van der Waals surface area (Å²) in [6.45, 7) is 8.86. The highest BCUT2D eigenvalue weighted by Gasteiger charge is 2.35. The maximum absolute atomic E-state index is 12.4. The number of nitrogens with one attached hydrogen (secondary N) is 1. The third kappa shape index (κ3) is 5.29. The first-order valence-corrected chi connectivity index (χ1v) is 7.98. The number of nitrogens with zero attached hydrogens (tertiary/aromatic N) is 2. The molecule has 0 aromatic heterocycles. The molecular weight excluding hydrogens is 286 g/mol. The average Bonchev–Trinajstić information content (AvgIpc) is 2.52. The van der Waals surface area contributed by atoms with Crippen LogP contribution in [0.5, 0.6) is 0 Å². The van der Waals surface area contributed by atoms with Crippen LogP contribution in [0.15, 0.2) is 0 Å². The highest BCUT2D eigenvalue weighted by atomic mass is 16.5. The Bertz CT molecular complexity index is 396. The number of rotatable bonds is 8. The number of hydrogen-bond acceptors (Lipinski definition) is 5. The number of piperazine rings is 1. The molecule has 1 unspecified atom stereocenters. The number of likely N-dealkylation sites (N-methyl/N-ethyl adjacent to an activating group) is 1. The molecule has 2 amide bonds. The zero-order valence-electron chi connectivity index (χ0n) is 13.8. The molecule has 0 saturated carbocycles. The molecule has 7 heteroatoms. The lowest BCUT2D eigenvalue weighted by molar-refractivity contribution is -0.152. The van der Waals surface area contributed by atoms with E-state index in [9.17, 15) is 14.4 Å². The van der Waals surface area contributed by atoms with Crippen molar-refractivity contribution in [2.24, 2.45) is 0 Å². The summed E-state index contributed by atoms with van der Waals surface area (Å²) in [5.41, 5.74) is 0. The molecule has 0 spiro atoms. The predicted molar refractivity (Wildman–Crippen MR) is 82.2 cm³/mol. The summed E-state index contributed by atoms with van der Waals surface area (Å²) in [4.78, 5) is 39.7. The predicted octanol–water partition coefficient (Wildman–Crippen LogP) is -0.00150. The summed E-state index contributed by atoms with van der Waals surface area (Å²) in [5, 5.41) is 2.71. The minimum absolute atomic E-state index is 0.0875. The summed E-state index contributed by atoms with van der Waals surface area (Å²) in [7, 11) is 0. The second kappa shape index (κ2) is 9.40. The Labute approximate surface area is 132 Å². The van der Waals surface area contributed by atoms with Crippen molar-refractivity contribution < 1.29 is 19.1 Å². The van der Waals surface area contributed by atoms with Crippen molar-refractivity contribution in [1.29, 1.82) is 0 Å². The van der Waals surface area contributed by atoms with Crippen LogP contribution in [0, 0.1) is 0 Å². The van der Waals surface area contributed by atoms with Gasteiger partial charge in [0.05, 0.1) is 19.6 Å². The van der Waals surface area contributed by atoms with Crippen LogP contribution in [-0.4, -0.2) is 73.0 Å². The molecule has 1 heterocycles. The van der Waals surface area contributed by atoms with E-state index in [1.54, 1.807) is 0 Å². The highest BCUT2D eigenvalue weighted by molar-refractivity contribution is 5.92. The normalized spacial score (nSPS) is 18.3. The maximum Gasteiger partial charge on any atom is 0.308 e. The molecular formula is C15H27N3O4. The number of amides is 2. The van der Waals surface area contributed by atoms with Crippen molar-refractivity contribution in [2.45, 2.75) is 39.7 Å². The van der Waals surface area contributed by atoms with Gasteiger partial charge in [0.1, 0.15) is 6.04 Å². The Hall–Kier alpha value is -1.63. The van der Waals surface area contributed by atoms with Gasteiger partial charge in [-0.05, 0) is 19.5 Å². The zero-order valence-corrected chi connectivity index (χ0v) is 13.8. The lowest BCUT2D eigenvalue weighted by atomic mass is 10.1. The summed E-state index contributed by atoms with van der Waals surface area (Å²) >= 11 is 0. The van der Waals surface area contributed by atoms with E-state index in [4.69, 9.17) is 4.74 Å². The van der Waals surface area contributed by atoms with Crippen LogP contribution in [0.3, 0.4) is 0 Å². The Morgan fingerprint density at radius 1 is 1.32 bits per heavy atom. The van der Waals surface area contributed by atoms with Crippen molar-refractivity contribution in [3.63, 3.8) is 0 Å². The molecule has 1 fully saturated rings. The first-order chi connectivity index (χ1) is 10.5. The van der Waals surface area contributed by atoms with Crippen LogP contribution in [0.4, 0.5) is 0 Å². The molecule has 1 saturated heterocycles. The van der Waals surface area contributed by atoms with E-state index >= 15 is 0 Å². The molecule has 1 atom stereocenters. The summed E-state index contributed by atoms with van der Waals surface area (Å²) in [6, 6.07) is -0.763. The van der Waals surface area contributed by atoms with Gasteiger partial charge in [-0.2, -0.15) is 0 Å². The van der Waals surface area contributed by atoms with E-state index < -0.39 is 12.0 Å². The fourth-order valence-corrected chi connectivity index (χ4v) is 2.38. The second-order valence-corrected chi connectivity index (χ2v) is 5.28. The smallest absolute Gasteiger partial charge is 0.308 e. The largest absolute Gasteiger partial charge is 0.466 e.